The van der Waals surface area contributed by atoms with Crippen LogP contribution < -0.4 is 33.2 Å². The molecule has 0 radical (unpaired) electrons. The fourth-order valence-corrected chi connectivity index (χ4v) is 24.3. The second-order valence-electron chi connectivity index (χ2n) is 36.7. The molecule has 24 atom stereocenters. The summed E-state index contributed by atoms with van der Waals surface area (Å²) >= 11 is 0. The van der Waals surface area contributed by atoms with Crippen molar-refractivity contribution in [2.75, 3.05) is 13.6 Å². The molecule has 3 aromatic carbocycles. The average Bonchev–Trinajstić information content (AvgIpc) is 1.74. The van der Waals surface area contributed by atoms with Gasteiger partial charge in [0, 0.05) is 76.3 Å². The van der Waals surface area contributed by atoms with Crippen LogP contribution in [-0.2, 0) is 34.0 Å². The van der Waals surface area contributed by atoms with Crippen LogP contribution in [0, 0.1) is 173 Å². The lowest BCUT2D eigenvalue weighted by Crippen LogP contribution is -2.45. The second-order valence-corrected chi connectivity index (χ2v) is 36.7. The Hall–Kier alpha value is -5.67. The predicted molar refractivity (Wildman–Crippen MR) is 431 cm³/mol. The summed E-state index contributed by atoms with van der Waals surface area (Å²) in [5.74, 6) is 19.1. The summed E-state index contributed by atoms with van der Waals surface area (Å²) in [5, 5.41) is 30.5. The average molecular weight is 1540 g/mol. The van der Waals surface area contributed by atoms with E-state index in [9.17, 15) is 39.5 Å². The highest BCUT2D eigenvalue weighted by Crippen LogP contribution is 2.57. The SMILES string of the molecule is CC(C)[C@@H]1C(CN)[C@H]2CC[C@@H]1C2.CC(C)[C@H]1C(N)[C@@H]2CC[C@H]1C2.CC(C)[C@H]1C(N)[C@@H]2CC[C@H]1C2.CC(C)[C@H]1C(NC(=O)OCc2ccc([N+](=O)[O-])cc2)[C@@H]2CC[C@H]1C2.CC(C)[C@H]1C(NC(=O)OCc2ccc([N+](=O)[O-])cc2)[C@@H]2CC[C@H]1C2.CC(C)[C@H]1C(NC(=O)OCc2ccc([N+](C)=O)cc2)[C@@H]2CC[C@H]1C2.Cl.Cl. The number of nitrogens with one attached hydrogen (secondary N) is 3. The van der Waals surface area contributed by atoms with Crippen LogP contribution in [-0.4, -0.2) is 76.7 Å². The molecule has 12 bridgehead atoms. The van der Waals surface area contributed by atoms with E-state index < -0.39 is 22.0 Å². The Balaban J connectivity index is 0.000000168. The first-order chi connectivity index (χ1) is 50.5. The highest BCUT2D eigenvalue weighted by molar-refractivity contribution is 5.85. The summed E-state index contributed by atoms with van der Waals surface area (Å²) in [6.45, 7) is 28.8. The minimum Gasteiger partial charge on any atom is -0.445 e. The molecule has 6 unspecified atom stereocenters. The van der Waals surface area contributed by atoms with E-state index in [4.69, 9.17) is 31.4 Å². The molecular weight excluding hydrogens is 1410 g/mol. The highest BCUT2D eigenvalue weighted by atomic mass is 35.5. The van der Waals surface area contributed by atoms with Crippen molar-refractivity contribution in [2.24, 2.45) is 165 Å². The third-order valence-electron chi connectivity index (χ3n) is 28.6. The number of nitrogens with zero attached hydrogens (tertiary/aromatic N) is 3. The van der Waals surface area contributed by atoms with Gasteiger partial charge in [0.25, 0.3) is 17.1 Å². The molecule has 0 spiro atoms. The summed E-state index contributed by atoms with van der Waals surface area (Å²) in [6.07, 6.45) is 23.1. The molecule has 0 saturated heterocycles. The summed E-state index contributed by atoms with van der Waals surface area (Å²) in [6, 6.07) is 21.0. The number of carbonyl (C=O) groups is 3. The second kappa shape index (κ2) is 39.7. The van der Waals surface area contributed by atoms with Crippen LogP contribution in [0.15, 0.2) is 72.8 Å². The summed E-state index contributed by atoms with van der Waals surface area (Å²) in [5.41, 5.74) is 21.2. The van der Waals surface area contributed by atoms with Crippen LogP contribution in [0.2, 0.25) is 0 Å². The van der Waals surface area contributed by atoms with E-state index in [1.807, 2.05) is 12.1 Å². The molecule has 3 aromatic rings. The van der Waals surface area contributed by atoms with E-state index >= 15 is 0 Å². The third-order valence-corrected chi connectivity index (χ3v) is 28.6. The van der Waals surface area contributed by atoms with Gasteiger partial charge in [-0.2, -0.15) is 0 Å². The number of rotatable bonds is 19. The number of amides is 3. The third kappa shape index (κ3) is 21.3. The number of nitro benzene ring substituents is 2. The Morgan fingerprint density at radius 2 is 0.602 bits per heavy atom. The zero-order valence-electron chi connectivity index (χ0n) is 67.2. The number of non-ortho nitro benzene ring substituents is 2. The number of hydrogen-bond acceptors (Lipinski definition) is 14. The fraction of sp³-hybridized carbons (Fsp3) is 0.756. The van der Waals surface area contributed by atoms with Gasteiger partial charge >= 0.3 is 18.3 Å². The number of ether oxygens (including phenoxy) is 3. The highest BCUT2D eigenvalue weighted by Gasteiger charge is 2.53. The summed E-state index contributed by atoms with van der Waals surface area (Å²) in [7, 11) is 1.46. The Bertz CT molecular complexity index is 3080. The number of nitroso groups, excluding NO2 is 1. The Labute approximate surface area is 657 Å². The van der Waals surface area contributed by atoms with Gasteiger partial charge in [-0.3, -0.25) is 20.2 Å². The van der Waals surface area contributed by atoms with Crippen molar-refractivity contribution in [1.82, 2.24) is 16.0 Å². The lowest BCUT2D eigenvalue weighted by molar-refractivity contribution is -0.428. The molecule has 12 aliphatic rings. The molecule has 0 aliphatic heterocycles. The van der Waals surface area contributed by atoms with Crippen LogP contribution in [0.1, 0.15) is 215 Å². The number of fused-ring (bicyclic) bond motifs is 12. The van der Waals surface area contributed by atoms with E-state index in [2.05, 4.69) is 99.0 Å². The molecular formula is C86H136Cl2N9O11+. The topological polar surface area (TPSA) is 299 Å². The van der Waals surface area contributed by atoms with Gasteiger partial charge in [-0.05, 0) is 323 Å². The van der Waals surface area contributed by atoms with Crippen molar-refractivity contribution in [3.63, 3.8) is 0 Å². The largest absolute Gasteiger partial charge is 0.445 e. The van der Waals surface area contributed by atoms with E-state index in [0.717, 1.165) is 123 Å². The smallest absolute Gasteiger partial charge is 0.407 e. The molecule has 22 heteroatoms. The van der Waals surface area contributed by atoms with Crippen LogP contribution >= 0.6 is 24.8 Å². The van der Waals surface area contributed by atoms with E-state index in [1.165, 1.54) is 147 Å². The molecule has 0 heterocycles. The van der Waals surface area contributed by atoms with Gasteiger partial charge < -0.3 is 47.4 Å². The van der Waals surface area contributed by atoms with Crippen molar-refractivity contribution in [3.05, 3.63) is 115 Å². The molecule has 604 valence electrons. The molecule has 12 fully saturated rings. The lowest BCUT2D eigenvalue weighted by Gasteiger charge is -2.34. The van der Waals surface area contributed by atoms with E-state index in [0.29, 0.717) is 71.0 Å². The van der Waals surface area contributed by atoms with Gasteiger partial charge in [0.1, 0.15) is 19.8 Å². The van der Waals surface area contributed by atoms with Gasteiger partial charge in [0.15, 0.2) is 7.05 Å². The Morgan fingerprint density at radius 1 is 0.370 bits per heavy atom. The van der Waals surface area contributed by atoms with Gasteiger partial charge in [0.05, 0.1) is 9.85 Å². The fourth-order valence-electron chi connectivity index (χ4n) is 24.3. The first-order valence-electron chi connectivity index (χ1n) is 41.5. The van der Waals surface area contributed by atoms with Gasteiger partial charge in [-0.25, -0.2) is 14.4 Å². The molecule has 12 saturated carbocycles. The van der Waals surface area contributed by atoms with Crippen LogP contribution in [0.5, 0.6) is 0 Å². The number of benzene rings is 3. The number of alkyl carbamates (subject to hydrolysis) is 3. The minimum atomic E-state index is -0.446. The zero-order chi connectivity index (χ0) is 76.5. The number of carbonyl (C=O) groups excluding carboxylic acids is 3. The maximum Gasteiger partial charge on any atom is 0.407 e. The van der Waals surface area contributed by atoms with Crippen molar-refractivity contribution in [2.45, 2.75) is 249 Å². The molecule has 20 nitrogen and oxygen atoms in total. The quantitative estimate of drug-likeness (QED) is 0.0282. The van der Waals surface area contributed by atoms with Crippen LogP contribution in [0.3, 0.4) is 0 Å². The molecule has 0 aromatic heterocycles. The van der Waals surface area contributed by atoms with E-state index in [1.54, 1.807) is 36.4 Å². The molecule has 3 amide bonds. The van der Waals surface area contributed by atoms with E-state index in [-0.39, 0.29) is 80.2 Å². The number of nitro groups is 2. The predicted octanol–water partition coefficient (Wildman–Crippen LogP) is 18.9. The first kappa shape index (κ1) is 87.9. The first-order valence-corrected chi connectivity index (χ1v) is 41.5. The van der Waals surface area contributed by atoms with Gasteiger partial charge in [0.2, 0.25) is 0 Å². The van der Waals surface area contributed by atoms with Crippen molar-refractivity contribution in [1.29, 1.82) is 0 Å². The Kier molecular flexibility index (Phi) is 32.3. The number of nitrogens with two attached hydrogens (primary N) is 3. The molecule has 9 N–H and O–H groups in total. The monoisotopic (exact) mass is 1540 g/mol. The minimum absolute atomic E-state index is 0. The zero-order valence-corrected chi connectivity index (χ0v) is 68.8. The summed E-state index contributed by atoms with van der Waals surface area (Å²) < 4.78 is 16.8. The van der Waals surface area contributed by atoms with Crippen molar-refractivity contribution >= 4 is 60.2 Å². The summed E-state index contributed by atoms with van der Waals surface area (Å²) in [4.78, 5) is 68.1. The maximum absolute atomic E-state index is 12.2. The van der Waals surface area contributed by atoms with Gasteiger partial charge in [-0.15, -0.1) is 24.8 Å². The Morgan fingerprint density at radius 3 is 0.833 bits per heavy atom. The number of halogens is 2. The normalized spacial score (nSPS) is 33.9. The van der Waals surface area contributed by atoms with Crippen molar-refractivity contribution in [3.8, 4) is 0 Å². The lowest BCUT2D eigenvalue weighted by atomic mass is 9.73. The van der Waals surface area contributed by atoms with Crippen LogP contribution in [0.25, 0.3) is 0 Å². The van der Waals surface area contributed by atoms with Gasteiger partial charge in [-0.1, -0.05) is 83.1 Å². The van der Waals surface area contributed by atoms with Crippen molar-refractivity contribution < 1.29 is 43.2 Å². The maximum atomic E-state index is 12.2. The van der Waals surface area contributed by atoms with Crippen LogP contribution in [0.4, 0.5) is 31.4 Å². The molecule has 15 rings (SSSR count). The molecule has 12 aliphatic carbocycles. The standard InChI is InChI=1S/C19H26N2O3.2C18H24N2O4.C11H21N.2C10H19N.2ClH/c1-12(2)17-14-6-7-15(10-14)18(17)20-19(22)24-11-13-4-8-16(9-5-13)21(3)23;2*1-11(2)16-13-5-6-14(9-13)17(16)19-18(21)24-10-12-3-7-15(8-4-12)20(22)23;1-7(2)11-9-4-3-8(5-9)10(11)6-12;2*1-6(2)9-7-3-4-8(5-7)10(9)11;;/h4-5,8-9,12,14-15,17-18H,6-7,10-11H2,1-3H3;2*3-4,7-8,11,13-14,16-17H,5-6,9-10H2,1-2H3,(H,19,21);7-11H,3-6,12H2,1-2H3;2*6-10H,3-5,11H2,1-2H3;2*1H/p+1/t14-,15+,17+,18?;2*13-,14+,16+,17?;8-,9+,10?,11-;2*7-,8+,9+,10?;;/m000000../s1. The molecule has 108 heavy (non-hydrogen) atoms. The number of hydrogen-bond donors (Lipinski definition) is 6.